The van der Waals surface area contributed by atoms with Gasteiger partial charge in [-0.3, -0.25) is 4.98 Å². The van der Waals surface area contributed by atoms with Gasteiger partial charge in [-0.05, 0) is 25.0 Å². The van der Waals surface area contributed by atoms with Crippen LogP contribution < -0.4 is 10.1 Å². The number of aromatic nitrogens is 1. The summed E-state index contributed by atoms with van der Waals surface area (Å²) in [6.45, 7) is 10.9. The molecule has 1 atom stereocenters. The summed E-state index contributed by atoms with van der Waals surface area (Å²) in [6.07, 6.45) is 3.47. The van der Waals surface area contributed by atoms with E-state index in [4.69, 9.17) is 9.73 Å². The molecule has 1 N–H and O–H groups in total. The summed E-state index contributed by atoms with van der Waals surface area (Å²) in [5.41, 5.74) is 0. The van der Waals surface area contributed by atoms with Crippen LogP contribution in [0, 0.1) is 5.92 Å². The third kappa shape index (κ3) is 5.94. The Balaban J connectivity index is 1.86. The topological polar surface area (TPSA) is 49.8 Å². The maximum absolute atomic E-state index is 5.66. The molecule has 0 aliphatic carbocycles. The van der Waals surface area contributed by atoms with E-state index in [-0.39, 0.29) is 0 Å². The van der Waals surface area contributed by atoms with Gasteiger partial charge in [0.05, 0.1) is 12.7 Å². The zero-order valence-corrected chi connectivity index (χ0v) is 15.2. The number of pyridine rings is 1. The minimum Gasteiger partial charge on any atom is -0.490 e. The molecule has 0 amide bonds. The highest BCUT2D eigenvalue weighted by Crippen LogP contribution is 2.24. The van der Waals surface area contributed by atoms with Crippen molar-refractivity contribution in [2.75, 3.05) is 38.5 Å². The Morgan fingerprint density at radius 2 is 2.43 bits per heavy atom. The van der Waals surface area contributed by atoms with Gasteiger partial charge in [0.1, 0.15) is 12.4 Å². The molecular formula is C17H28N4OS. The van der Waals surface area contributed by atoms with Gasteiger partial charge in [0.2, 0.25) is 0 Å². The molecule has 1 unspecified atom stereocenters. The lowest BCUT2D eigenvalue weighted by atomic mass is 10.1. The Labute approximate surface area is 143 Å². The standard InChI is InChI=1S/C17H28N4OS/c1-4-19-17(21-9-11-23-16(13-21)14(2)3)20-8-10-22-15-6-5-7-18-12-15/h5-7,12,14,16H,4,8-11,13H2,1-3H3,(H,19,20). The van der Waals surface area contributed by atoms with Crippen LogP contribution in [0.2, 0.25) is 0 Å². The van der Waals surface area contributed by atoms with E-state index in [0.717, 1.165) is 31.3 Å². The number of rotatable bonds is 6. The summed E-state index contributed by atoms with van der Waals surface area (Å²) in [5.74, 6) is 3.66. The van der Waals surface area contributed by atoms with E-state index in [1.807, 2.05) is 12.1 Å². The molecule has 6 heteroatoms. The number of aliphatic imine (C=N–C) groups is 1. The first-order valence-electron chi connectivity index (χ1n) is 8.38. The minimum atomic E-state index is 0.566. The van der Waals surface area contributed by atoms with Gasteiger partial charge in [-0.2, -0.15) is 11.8 Å². The van der Waals surface area contributed by atoms with Crippen molar-refractivity contribution in [3.63, 3.8) is 0 Å². The van der Waals surface area contributed by atoms with Gasteiger partial charge in [0.15, 0.2) is 5.96 Å². The van der Waals surface area contributed by atoms with Crippen LogP contribution in [-0.4, -0.2) is 59.6 Å². The van der Waals surface area contributed by atoms with Crippen molar-refractivity contribution in [2.24, 2.45) is 10.9 Å². The van der Waals surface area contributed by atoms with Crippen molar-refractivity contribution in [3.8, 4) is 5.75 Å². The van der Waals surface area contributed by atoms with Gasteiger partial charge in [-0.1, -0.05) is 13.8 Å². The summed E-state index contributed by atoms with van der Waals surface area (Å²) < 4.78 is 5.66. The summed E-state index contributed by atoms with van der Waals surface area (Å²) in [5, 5.41) is 4.09. The Morgan fingerprint density at radius 1 is 1.57 bits per heavy atom. The van der Waals surface area contributed by atoms with E-state index in [1.165, 1.54) is 5.75 Å². The first kappa shape index (κ1) is 17.9. The van der Waals surface area contributed by atoms with Crippen molar-refractivity contribution in [1.82, 2.24) is 15.2 Å². The summed E-state index contributed by atoms with van der Waals surface area (Å²) in [7, 11) is 0. The van der Waals surface area contributed by atoms with Gasteiger partial charge in [0, 0.05) is 36.8 Å². The van der Waals surface area contributed by atoms with Gasteiger partial charge in [-0.25, -0.2) is 4.99 Å². The van der Waals surface area contributed by atoms with Crippen molar-refractivity contribution in [1.29, 1.82) is 0 Å². The molecule has 128 valence electrons. The lowest BCUT2D eigenvalue weighted by molar-refractivity contribution is 0.324. The highest BCUT2D eigenvalue weighted by Gasteiger charge is 2.24. The molecule has 0 bridgehead atoms. The average Bonchev–Trinajstić information content (AvgIpc) is 2.58. The molecule has 0 saturated carbocycles. The van der Waals surface area contributed by atoms with Crippen LogP contribution in [0.4, 0.5) is 0 Å². The summed E-state index contributed by atoms with van der Waals surface area (Å²) in [4.78, 5) is 11.1. The van der Waals surface area contributed by atoms with E-state index in [2.05, 4.69) is 47.7 Å². The number of thioether (sulfide) groups is 1. The maximum Gasteiger partial charge on any atom is 0.194 e. The lowest BCUT2D eigenvalue weighted by Gasteiger charge is -2.36. The van der Waals surface area contributed by atoms with E-state index >= 15 is 0 Å². The fourth-order valence-electron chi connectivity index (χ4n) is 2.44. The second-order valence-electron chi connectivity index (χ2n) is 5.87. The van der Waals surface area contributed by atoms with E-state index in [9.17, 15) is 0 Å². The number of guanidine groups is 1. The monoisotopic (exact) mass is 336 g/mol. The zero-order chi connectivity index (χ0) is 16.5. The Kier molecular flexibility index (Phi) is 7.52. The summed E-state index contributed by atoms with van der Waals surface area (Å²) in [6, 6.07) is 3.79. The average molecular weight is 337 g/mol. The molecular weight excluding hydrogens is 308 g/mol. The molecule has 1 aliphatic rings. The normalized spacial score (nSPS) is 19.0. The van der Waals surface area contributed by atoms with Crippen LogP contribution in [0.25, 0.3) is 0 Å². The zero-order valence-electron chi connectivity index (χ0n) is 14.4. The Hall–Kier alpha value is -1.43. The van der Waals surface area contributed by atoms with Gasteiger partial charge < -0.3 is 15.0 Å². The van der Waals surface area contributed by atoms with Gasteiger partial charge in [0.25, 0.3) is 0 Å². The lowest BCUT2D eigenvalue weighted by Crippen LogP contribution is -2.49. The molecule has 1 fully saturated rings. The minimum absolute atomic E-state index is 0.566. The molecule has 5 nitrogen and oxygen atoms in total. The first-order chi connectivity index (χ1) is 11.2. The van der Waals surface area contributed by atoms with Crippen molar-refractivity contribution < 1.29 is 4.74 Å². The number of hydrogen-bond donors (Lipinski definition) is 1. The summed E-state index contributed by atoms with van der Waals surface area (Å²) >= 11 is 2.08. The molecule has 2 heterocycles. The molecule has 0 radical (unpaired) electrons. The maximum atomic E-state index is 5.66. The Morgan fingerprint density at radius 3 is 3.13 bits per heavy atom. The second kappa shape index (κ2) is 9.65. The van der Waals surface area contributed by atoms with E-state index < -0.39 is 0 Å². The van der Waals surface area contributed by atoms with Crippen molar-refractivity contribution in [2.45, 2.75) is 26.0 Å². The van der Waals surface area contributed by atoms with Gasteiger partial charge >= 0.3 is 0 Å². The molecule has 0 spiro atoms. The number of nitrogens with one attached hydrogen (secondary N) is 1. The molecule has 1 aromatic rings. The highest BCUT2D eigenvalue weighted by atomic mass is 32.2. The highest BCUT2D eigenvalue weighted by molar-refractivity contribution is 8.00. The van der Waals surface area contributed by atoms with Crippen LogP contribution in [0.15, 0.2) is 29.5 Å². The predicted octanol–water partition coefficient (Wildman–Crippen LogP) is 2.50. The molecule has 23 heavy (non-hydrogen) atoms. The van der Waals surface area contributed by atoms with Crippen LogP contribution in [0.5, 0.6) is 5.75 Å². The fourth-order valence-corrected chi connectivity index (χ4v) is 3.74. The number of nitrogens with zero attached hydrogens (tertiary/aromatic N) is 3. The van der Waals surface area contributed by atoms with Gasteiger partial charge in [-0.15, -0.1) is 0 Å². The smallest absolute Gasteiger partial charge is 0.194 e. The third-order valence-electron chi connectivity index (χ3n) is 3.73. The van der Waals surface area contributed by atoms with E-state index in [0.29, 0.717) is 24.3 Å². The molecule has 0 aromatic carbocycles. The van der Waals surface area contributed by atoms with Crippen LogP contribution in [0.3, 0.4) is 0 Å². The SMILES string of the molecule is CCNC(=NCCOc1cccnc1)N1CCSC(C(C)C)C1. The second-order valence-corrected chi connectivity index (χ2v) is 7.22. The molecule has 2 rings (SSSR count). The Bertz CT molecular complexity index is 481. The molecule has 1 aromatic heterocycles. The molecule has 1 aliphatic heterocycles. The van der Waals surface area contributed by atoms with Crippen LogP contribution in [0.1, 0.15) is 20.8 Å². The number of ether oxygens (including phenoxy) is 1. The van der Waals surface area contributed by atoms with Crippen molar-refractivity contribution >= 4 is 17.7 Å². The largest absolute Gasteiger partial charge is 0.490 e. The third-order valence-corrected chi connectivity index (χ3v) is 5.27. The predicted molar refractivity (Wildman–Crippen MR) is 98.4 cm³/mol. The van der Waals surface area contributed by atoms with Crippen molar-refractivity contribution in [3.05, 3.63) is 24.5 Å². The van der Waals surface area contributed by atoms with E-state index in [1.54, 1.807) is 12.4 Å². The molecule has 1 saturated heterocycles. The van der Waals surface area contributed by atoms with Crippen LogP contribution >= 0.6 is 11.8 Å². The van der Waals surface area contributed by atoms with Crippen LogP contribution in [-0.2, 0) is 0 Å². The number of hydrogen-bond acceptors (Lipinski definition) is 4. The first-order valence-corrected chi connectivity index (χ1v) is 9.43. The quantitative estimate of drug-likeness (QED) is 0.491. The fraction of sp³-hybridized carbons (Fsp3) is 0.647.